The van der Waals surface area contributed by atoms with Crippen LogP contribution in [0, 0.1) is 17.7 Å². The topological polar surface area (TPSA) is 89.5 Å². The molecule has 4 rings (SSSR count). The van der Waals surface area contributed by atoms with Crippen molar-refractivity contribution in [1.29, 1.82) is 0 Å². The largest absolute Gasteiger partial charge is 0.494 e. The van der Waals surface area contributed by atoms with E-state index in [1.807, 2.05) is 0 Å². The molecule has 1 aromatic carbocycles. The lowest BCUT2D eigenvalue weighted by Crippen LogP contribution is -2.41. The Kier molecular flexibility index (Phi) is 7.65. The summed E-state index contributed by atoms with van der Waals surface area (Å²) < 4.78 is 24.3. The molecule has 1 fully saturated rings. The average molecular weight is 470 g/mol. The van der Waals surface area contributed by atoms with Crippen molar-refractivity contribution in [3.8, 4) is 5.75 Å². The molecule has 8 heteroatoms. The molecule has 2 aromatic rings. The number of methoxy groups -OCH3 is 1. The predicted molar refractivity (Wildman–Crippen MR) is 126 cm³/mol. The number of carbonyl (C=O) groups is 2. The van der Waals surface area contributed by atoms with Gasteiger partial charge < -0.3 is 20.1 Å². The second-order valence-corrected chi connectivity index (χ2v) is 9.04. The summed E-state index contributed by atoms with van der Waals surface area (Å²) in [4.78, 5) is 29.8. The number of hydrogen-bond acceptors (Lipinski definition) is 6. The number of fused-ring (bicyclic) bond motifs is 1. The molecule has 0 unspecified atom stereocenters. The van der Waals surface area contributed by atoms with Crippen LogP contribution >= 0.6 is 0 Å². The molecule has 1 aromatic heterocycles. The number of nitrogens with one attached hydrogen (secondary N) is 2. The van der Waals surface area contributed by atoms with Crippen molar-refractivity contribution in [1.82, 2.24) is 10.3 Å². The molecule has 34 heavy (non-hydrogen) atoms. The number of pyridine rings is 1. The molecule has 1 aliphatic heterocycles. The quantitative estimate of drug-likeness (QED) is 0.541. The molecule has 0 spiro atoms. The number of ether oxygens (including phenoxy) is 2. The highest BCUT2D eigenvalue weighted by molar-refractivity contribution is 5.81. The van der Waals surface area contributed by atoms with Crippen molar-refractivity contribution in [2.45, 2.75) is 51.5 Å². The number of esters is 1. The zero-order valence-electron chi connectivity index (χ0n) is 19.7. The summed E-state index contributed by atoms with van der Waals surface area (Å²) in [5.74, 6) is 0.257. The van der Waals surface area contributed by atoms with Crippen LogP contribution in [-0.2, 0) is 27.2 Å². The van der Waals surface area contributed by atoms with Crippen LogP contribution < -0.4 is 15.4 Å². The summed E-state index contributed by atoms with van der Waals surface area (Å²) in [6.45, 7) is 2.92. The Hall–Kier alpha value is -3.16. The van der Waals surface area contributed by atoms with E-state index in [2.05, 4.69) is 22.8 Å². The van der Waals surface area contributed by atoms with E-state index in [0.717, 1.165) is 50.2 Å². The molecule has 0 radical (unpaired) electrons. The lowest BCUT2D eigenvalue weighted by Gasteiger charge is -2.35. The standard InChI is InChI=1S/C26H32FN3O4/c1-3-34-24(31)15-22(18-7-9-23(33-2)21(27)14-18)30-26(32)19-11-16(12-19)13-20-8-6-17-5-4-10-28-25(17)29-20/h6-9,14,16,19,22H,3-5,10-13,15H2,1-2H3,(H,28,29)(H,30,32)/t16?,19?,22-/m0/s1. The Morgan fingerprint density at radius 3 is 2.82 bits per heavy atom. The van der Waals surface area contributed by atoms with Gasteiger partial charge in [0.1, 0.15) is 5.82 Å². The number of nitrogens with zero attached hydrogens (tertiary/aromatic N) is 1. The third-order valence-corrected chi connectivity index (χ3v) is 6.63. The fourth-order valence-electron chi connectivity index (χ4n) is 4.72. The van der Waals surface area contributed by atoms with Crippen LogP contribution in [0.25, 0.3) is 0 Å². The van der Waals surface area contributed by atoms with Crippen LogP contribution in [0.4, 0.5) is 10.2 Å². The Balaban J connectivity index is 1.35. The molecule has 1 aliphatic carbocycles. The number of amides is 1. The van der Waals surface area contributed by atoms with Gasteiger partial charge in [-0.25, -0.2) is 9.37 Å². The first kappa shape index (κ1) is 24.0. The third kappa shape index (κ3) is 5.66. The van der Waals surface area contributed by atoms with Gasteiger partial charge in [0.25, 0.3) is 0 Å². The van der Waals surface area contributed by atoms with Gasteiger partial charge in [0.05, 0.1) is 26.2 Å². The zero-order chi connectivity index (χ0) is 24.1. The van der Waals surface area contributed by atoms with Gasteiger partial charge in [-0.15, -0.1) is 0 Å². The predicted octanol–water partition coefficient (Wildman–Crippen LogP) is 3.97. The molecular formula is C26H32FN3O4. The Labute approximate surface area is 199 Å². The Morgan fingerprint density at radius 1 is 1.26 bits per heavy atom. The van der Waals surface area contributed by atoms with E-state index in [9.17, 15) is 14.0 Å². The molecule has 2 N–H and O–H groups in total. The first-order valence-corrected chi connectivity index (χ1v) is 12.0. The second kappa shape index (κ2) is 10.8. The van der Waals surface area contributed by atoms with Gasteiger partial charge >= 0.3 is 5.97 Å². The minimum absolute atomic E-state index is 0.0620. The zero-order valence-corrected chi connectivity index (χ0v) is 19.7. The number of hydrogen-bond donors (Lipinski definition) is 2. The van der Waals surface area contributed by atoms with Gasteiger partial charge in [0.2, 0.25) is 5.91 Å². The number of aryl methyl sites for hydroxylation is 1. The lowest BCUT2D eigenvalue weighted by molar-refractivity contribution is -0.144. The number of rotatable bonds is 9. The van der Waals surface area contributed by atoms with Gasteiger partial charge in [-0.2, -0.15) is 0 Å². The summed E-state index contributed by atoms with van der Waals surface area (Å²) in [5.41, 5.74) is 2.82. The van der Waals surface area contributed by atoms with Crippen molar-refractivity contribution >= 4 is 17.7 Å². The first-order valence-electron chi connectivity index (χ1n) is 12.0. The molecule has 2 aliphatic rings. The number of benzene rings is 1. The summed E-state index contributed by atoms with van der Waals surface area (Å²) in [6.07, 6.45) is 4.50. The van der Waals surface area contributed by atoms with Crippen molar-refractivity contribution in [3.05, 3.63) is 53.0 Å². The smallest absolute Gasteiger partial charge is 0.308 e. The SMILES string of the molecule is CCOC(=O)C[C@H](NC(=O)C1CC(Cc2ccc3c(n2)NCCC3)C1)c1ccc(OC)c(F)c1. The lowest BCUT2D eigenvalue weighted by atomic mass is 9.72. The highest BCUT2D eigenvalue weighted by Crippen LogP contribution is 2.37. The maximum atomic E-state index is 14.3. The molecule has 0 bridgehead atoms. The van der Waals surface area contributed by atoms with Crippen LogP contribution in [-0.4, -0.2) is 37.1 Å². The molecule has 7 nitrogen and oxygen atoms in total. The van der Waals surface area contributed by atoms with Crippen LogP contribution in [0.15, 0.2) is 30.3 Å². The van der Waals surface area contributed by atoms with E-state index < -0.39 is 17.8 Å². The van der Waals surface area contributed by atoms with Gasteiger partial charge in [0, 0.05) is 18.2 Å². The summed E-state index contributed by atoms with van der Waals surface area (Å²) in [5, 5.41) is 6.31. The number of halogens is 1. The molecule has 1 atom stereocenters. The van der Waals surface area contributed by atoms with Crippen molar-refractivity contribution in [2.75, 3.05) is 25.6 Å². The molecule has 1 saturated carbocycles. The summed E-state index contributed by atoms with van der Waals surface area (Å²) in [6, 6.07) is 8.02. The number of carbonyl (C=O) groups excluding carboxylic acids is 2. The Morgan fingerprint density at radius 2 is 2.09 bits per heavy atom. The van der Waals surface area contributed by atoms with Crippen LogP contribution in [0.1, 0.15) is 55.5 Å². The fraction of sp³-hybridized carbons (Fsp3) is 0.500. The van der Waals surface area contributed by atoms with E-state index in [1.54, 1.807) is 13.0 Å². The van der Waals surface area contributed by atoms with E-state index in [1.165, 1.54) is 24.8 Å². The van der Waals surface area contributed by atoms with Gasteiger partial charge in [-0.05, 0) is 74.3 Å². The first-order chi connectivity index (χ1) is 16.5. The van der Waals surface area contributed by atoms with Gasteiger partial charge in [0.15, 0.2) is 11.6 Å². The van der Waals surface area contributed by atoms with Crippen LogP contribution in [0.2, 0.25) is 0 Å². The summed E-state index contributed by atoms with van der Waals surface area (Å²) >= 11 is 0. The average Bonchev–Trinajstić information content (AvgIpc) is 2.80. The monoisotopic (exact) mass is 469 g/mol. The molecular weight excluding hydrogens is 437 g/mol. The van der Waals surface area contributed by atoms with Gasteiger partial charge in [-0.3, -0.25) is 9.59 Å². The van der Waals surface area contributed by atoms with Crippen molar-refractivity contribution < 1.29 is 23.5 Å². The maximum absolute atomic E-state index is 14.3. The third-order valence-electron chi connectivity index (χ3n) is 6.63. The molecule has 0 saturated heterocycles. The highest BCUT2D eigenvalue weighted by atomic mass is 19.1. The van der Waals surface area contributed by atoms with Crippen molar-refractivity contribution in [3.63, 3.8) is 0 Å². The van der Waals surface area contributed by atoms with Crippen LogP contribution in [0.5, 0.6) is 5.75 Å². The second-order valence-electron chi connectivity index (χ2n) is 9.04. The van der Waals surface area contributed by atoms with E-state index in [0.29, 0.717) is 11.5 Å². The maximum Gasteiger partial charge on any atom is 0.308 e. The van der Waals surface area contributed by atoms with Gasteiger partial charge in [-0.1, -0.05) is 12.1 Å². The molecule has 182 valence electrons. The highest BCUT2D eigenvalue weighted by Gasteiger charge is 2.36. The molecule has 2 heterocycles. The summed E-state index contributed by atoms with van der Waals surface area (Å²) in [7, 11) is 1.39. The van der Waals surface area contributed by atoms with Crippen molar-refractivity contribution in [2.24, 2.45) is 11.8 Å². The minimum Gasteiger partial charge on any atom is -0.494 e. The number of aromatic nitrogens is 1. The van der Waals surface area contributed by atoms with Crippen LogP contribution in [0.3, 0.4) is 0 Å². The van der Waals surface area contributed by atoms with E-state index >= 15 is 0 Å². The number of anilines is 1. The Bertz CT molecular complexity index is 1040. The fourth-order valence-corrected chi connectivity index (χ4v) is 4.72. The van der Waals surface area contributed by atoms with E-state index in [4.69, 9.17) is 14.5 Å². The minimum atomic E-state index is -0.667. The normalized spacial score (nSPS) is 19.7. The molecule has 1 amide bonds. The van der Waals surface area contributed by atoms with E-state index in [-0.39, 0.29) is 30.6 Å².